The molecule has 0 unspecified atom stereocenters. The highest BCUT2D eigenvalue weighted by molar-refractivity contribution is 6.39. The number of hydrogen-bond acceptors (Lipinski definition) is 4. The highest BCUT2D eigenvalue weighted by atomic mass is 35.5. The second-order valence-corrected chi connectivity index (χ2v) is 8.38. The Kier molecular flexibility index (Phi) is 5.84. The molecule has 1 saturated heterocycles. The monoisotopic (exact) mass is 485 g/mol. The summed E-state index contributed by atoms with van der Waals surface area (Å²) in [5.41, 5.74) is 1.82. The molecule has 174 valence electrons. The van der Waals surface area contributed by atoms with Gasteiger partial charge in [0, 0.05) is 18.4 Å². The van der Waals surface area contributed by atoms with E-state index in [4.69, 9.17) is 16.3 Å². The van der Waals surface area contributed by atoms with Crippen LogP contribution in [0.5, 0.6) is 5.75 Å². The molecule has 2 heterocycles. The molecular formula is C27H20ClN3O4. The fraction of sp³-hybridized carbons (Fsp3) is 0.0741. The van der Waals surface area contributed by atoms with E-state index in [9.17, 15) is 14.4 Å². The Hall–Kier alpha value is -4.36. The molecule has 1 aliphatic heterocycles. The van der Waals surface area contributed by atoms with Gasteiger partial charge in [0.2, 0.25) is 0 Å². The van der Waals surface area contributed by atoms with E-state index in [1.807, 2.05) is 47.2 Å². The highest BCUT2D eigenvalue weighted by Crippen LogP contribution is 2.31. The molecule has 5 rings (SSSR count). The van der Waals surface area contributed by atoms with Crippen LogP contribution in [-0.2, 0) is 16.1 Å². The van der Waals surface area contributed by atoms with Crippen LogP contribution in [0.15, 0.2) is 84.6 Å². The number of nitrogens with one attached hydrogen (secondary N) is 1. The largest absolute Gasteiger partial charge is 0.495 e. The van der Waals surface area contributed by atoms with Crippen molar-refractivity contribution in [1.29, 1.82) is 0 Å². The minimum atomic E-state index is -0.843. The number of methoxy groups -OCH3 is 1. The topological polar surface area (TPSA) is 80.6 Å². The Labute approximate surface area is 206 Å². The summed E-state index contributed by atoms with van der Waals surface area (Å²) in [6.07, 6.45) is 3.37. The van der Waals surface area contributed by atoms with Gasteiger partial charge in [-0.3, -0.25) is 14.9 Å². The molecule has 8 heteroatoms. The summed E-state index contributed by atoms with van der Waals surface area (Å²) in [6.45, 7) is 0.542. The van der Waals surface area contributed by atoms with Gasteiger partial charge in [0.15, 0.2) is 0 Å². The number of halogens is 1. The van der Waals surface area contributed by atoms with Crippen molar-refractivity contribution in [3.05, 3.63) is 101 Å². The Morgan fingerprint density at radius 1 is 0.971 bits per heavy atom. The third kappa shape index (κ3) is 4.18. The predicted molar refractivity (Wildman–Crippen MR) is 134 cm³/mol. The molecule has 0 bridgehead atoms. The van der Waals surface area contributed by atoms with Crippen LogP contribution in [0.3, 0.4) is 0 Å². The van der Waals surface area contributed by atoms with Crippen molar-refractivity contribution in [2.45, 2.75) is 6.54 Å². The number of hydrogen-bond donors (Lipinski definition) is 1. The van der Waals surface area contributed by atoms with Crippen LogP contribution in [0.1, 0.15) is 11.3 Å². The van der Waals surface area contributed by atoms with Gasteiger partial charge in [-0.05, 0) is 52.7 Å². The number of barbiturate groups is 1. The summed E-state index contributed by atoms with van der Waals surface area (Å²) in [5.74, 6) is -1.09. The molecule has 0 aliphatic carbocycles. The lowest BCUT2D eigenvalue weighted by Crippen LogP contribution is -2.54. The van der Waals surface area contributed by atoms with Crippen LogP contribution >= 0.6 is 11.6 Å². The molecule has 0 atom stereocenters. The Morgan fingerprint density at radius 3 is 2.57 bits per heavy atom. The Bertz CT molecular complexity index is 1520. The first-order valence-corrected chi connectivity index (χ1v) is 11.2. The summed E-state index contributed by atoms with van der Waals surface area (Å²) >= 11 is 6.18. The van der Waals surface area contributed by atoms with E-state index in [2.05, 4.69) is 23.5 Å². The average Bonchev–Trinajstić information content (AvgIpc) is 3.28. The van der Waals surface area contributed by atoms with E-state index in [1.54, 1.807) is 6.07 Å². The smallest absolute Gasteiger partial charge is 0.335 e. The quantitative estimate of drug-likeness (QED) is 0.318. The van der Waals surface area contributed by atoms with Crippen molar-refractivity contribution < 1.29 is 19.1 Å². The molecule has 0 spiro atoms. The van der Waals surface area contributed by atoms with Gasteiger partial charge in [-0.15, -0.1) is 0 Å². The van der Waals surface area contributed by atoms with Gasteiger partial charge in [0.05, 0.1) is 17.8 Å². The molecule has 1 aromatic heterocycles. The minimum Gasteiger partial charge on any atom is -0.495 e. The molecule has 4 aromatic rings. The van der Waals surface area contributed by atoms with Gasteiger partial charge in [0.1, 0.15) is 11.3 Å². The molecule has 1 aliphatic rings. The fourth-order valence-corrected chi connectivity index (χ4v) is 4.40. The van der Waals surface area contributed by atoms with Crippen molar-refractivity contribution in [2.24, 2.45) is 0 Å². The minimum absolute atomic E-state index is 0.158. The van der Waals surface area contributed by atoms with Gasteiger partial charge >= 0.3 is 6.03 Å². The van der Waals surface area contributed by atoms with Crippen LogP contribution < -0.4 is 15.0 Å². The molecule has 1 fully saturated rings. The molecule has 0 radical (unpaired) electrons. The summed E-state index contributed by atoms with van der Waals surface area (Å²) in [4.78, 5) is 39.3. The number of aromatic nitrogens is 1. The summed E-state index contributed by atoms with van der Waals surface area (Å²) in [5, 5.41) is 4.73. The molecule has 35 heavy (non-hydrogen) atoms. The number of rotatable bonds is 5. The first-order chi connectivity index (χ1) is 17.0. The number of ether oxygens (including phenoxy) is 1. The van der Waals surface area contributed by atoms with E-state index in [0.717, 1.165) is 21.2 Å². The third-order valence-corrected chi connectivity index (χ3v) is 6.17. The van der Waals surface area contributed by atoms with Gasteiger partial charge in [-0.1, -0.05) is 54.1 Å². The number of imide groups is 2. The first kappa shape index (κ1) is 22.4. The first-order valence-electron chi connectivity index (χ1n) is 10.8. The molecule has 0 saturated carbocycles. The second-order valence-electron chi connectivity index (χ2n) is 7.98. The molecule has 7 nitrogen and oxygen atoms in total. The molecule has 3 aromatic carbocycles. The number of fused-ring (bicyclic) bond motifs is 1. The third-order valence-electron chi connectivity index (χ3n) is 5.87. The zero-order valence-electron chi connectivity index (χ0n) is 18.7. The predicted octanol–water partition coefficient (Wildman–Crippen LogP) is 5.02. The van der Waals surface area contributed by atoms with Gasteiger partial charge in [-0.2, -0.15) is 0 Å². The average molecular weight is 486 g/mol. The molecule has 4 amide bonds. The van der Waals surface area contributed by atoms with E-state index >= 15 is 0 Å². The number of amides is 4. The zero-order chi connectivity index (χ0) is 24.5. The van der Waals surface area contributed by atoms with E-state index in [0.29, 0.717) is 18.0 Å². The normalized spacial score (nSPS) is 15.1. The Balaban J connectivity index is 1.49. The Morgan fingerprint density at radius 2 is 1.77 bits per heavy atom. The fourth-order valence-electron chi connectivity index (χ4n) is 4.15. The maximum absolute atomic E-state index is 13.3. The number of anilines is 1. The number of benzene rings is 3. The van der Waals surface area contributed by atoms with Crippen molar-refractivity contribution in [2.75, 3.05) is 12.0 Å². The number of urea groups is 1. The SMILES string of the molecule is COc1ccc(N2C(=O)NC(=O)/C(=C/c3cccn3Cc3cccc4ccccc34)C2=O)cc1Cl. The summed E-state index contributed by atoms with van der Waals surface area (Å²) in [7, 11) is 1.46. The van der Waals surface area contributed by atoms with Gasteiger partial charge in [-0.25, -0.2) is 9.69 Å². The van der Waals surface area contributed by atoms with Crippen LogP contribution in [0.25, 0.3) is 16.8 Å². The van der Waals surface area contributed by atoms with Crippen molar-refractivity contribution in [1.82, 2.24) is 9.88 Å². The number of carbonyl (C=O) groups is 3. The zero-order valence-corrected chi connectivity index (χ0v) is 19.5. The van der Waals surface area contributed by atoms with Crippen molar-refractivity contribution in [3.8, 4) is 5.75 Å². The number of nitrogens with zero attached hydrogens (tertiary/aromatic N) is 2. The van der Waals surface area contributed by atoms with E-state index < -0.39 is 17.8 Å². The van der Waals surface area contributed by atoms with Crippen LogP contribution in [-0.4, -0.2) is 29.5 Å². The second kappa shape index (κ2) is 9.12. The summed E-state index contributed by atoms with van der Waals surface area (Å²) in [6, 6.07) is 21.5. The maximum Gasteiger partial charge on any atom is 0.335 e. The van der Waals surface area contributed by atoms with Crippen LogP contribution in [0.4, 0.5) is 10.5 Å². The standard InChI is InChI=1S/C27H20ClN3O4/c1-35-24-12-11-20(15-23(24)28)31-26(33)22(25(32)29-27(31)34)14-19-9-5-13-30(19)16-18-8-4-7-17-6-2-3-10-21(17)18/h2-15H,16H2,1H3,(H,29,32,34)/b22-14-. The van der Waals surface area contributed by atoms with Crippen LogP contribution in [0.2, 0.25) is 5.02 Å². The lowest BCUT2D eigenvalue weighted by molar-refractivity contribution is -0.122. The molecular weight excluding hydrogens is 466 g/mol. The van der Waals surface area contributed by atoms with Gasteiger partial charge in [0.25, 0.3) is 11.8 Å². The van der Waals surface area contributed by atoms with Crippen molar-refractivity contribution in [3.63, 3.8) is 0 Å². The maximum atomic E-state index is 13.3. The lowest BCUT2D eigenvalue weighted by Gasteiger charge is -2.26. The number of carbonyl (C=O) groups excluding carboxylic acids is 3. The van der Waals surface area contributed by atoms with Gasteiger partial charge < -0.3 is 9.30 Å². The lowest BCUT2D eigenvalue weighted by atomic mass is 10.0. The van der Waals surface area contributed by atoms with E-state index in [-0.39, 0.29) is 16.3 Å². The highest BCUT2D eigenvalue weighted by Gasteiger charge is 2.37. The van der Waals surface area contributed by atoms with Crippen molar-refractivity contribution >= 4 is 52.0 Å². The van der Waals surface area contributed by atoms with E-state index in [1.165, 1.54) is 25.3 Å². The molecule has 1 N–H and O–H groups in total. The summed E-state index contributed by atoms with van der Waals surface area (Å²) < 4.78 is 7.08. The van der Waals surface area contributed by atoms with Crippen LogP contribution in [0, 0.1) is 0 Å².